The Balaban J connectivity index is 1.93. The zero-order valence-electron chi connectivity index (χ0n) is 13.8. The fourth-order valence-electron chi connectivity index (χ4n) is 2.58. The Bertz CT molecular complexity index is 808. The van der Waals surface area contributed by atoms with Crippen LogP contribution in [0.25, 0.3) is 11.2 Å². The number of nitrogens with two attached hydrogens (primary N) is 1. The van der Waals surface area contributed by atoms with E-state index in [-0.39, 0.29) is 6.04 Å². The summed E-state index contributed by atoms with van der Waals surface area (Å²) in [5.74, 6) is 1.68. The topological polar surface area (TPSA) is 66.0 Å². The summed E-state index contributed by atoms with van der Waals surface area (Å²) in [6.45, 7) is 7.06. The van der Waals surface area contributed by atoms with E-state index in [1.54, 1.807) is 0 Å². The van der Waals surface area contributed by atoms with Crippen LogP contribution in [-0.2, 0) is 6.61 Å². The van der Waals surface area contributed by atoms with Crippen molar-refractivity contribution in [1.29, 1.82) is 0 Å². The van der Waals surface area contributed by atoms with Gasteiger partial charge in [-0.15, -0.1) is 0 Å². The Morgan fingerprint density at radius 3 is 2.61 bits per heavy atom. The predicted molar refractivity (Wildman–Crippen MR) is 91.5 cm³/mol. The average molecular weight is 310 g/mol. The van der Waals surface area contributed by atoms with E-state index in [0.717, 1.165) is 28.3 Å². The molecule has 0 saturated heterocycles. The second kappa shape index (κ2) is 6.38. The third-order valence-corrected chi connectivity index (χ3v) is 3.91. The lowest BCUT2D eigenvalue weighted by atomic mass is 10.2. The summed E-state index contributed by atoms with van der Waals surface area (Å²) in [6.07, 6.45) is 1.86. The van der Waals surface area contributed by atoms with Crippen LogP contribution in [0.15, 0.2) is 36.5 Å². The molecule has 5 heteroatoms. The molecule has 3 rings (SSSR count). The quantitative estimate of drug-likeness (QED) is 0.786. The van der Waals surface area contributed by atoms with Crippen LogP contribution in [0.3, 0.4) is 0 Å². The van der Waals surface area contributed by atoms with Gasteiger partial charge in [0.25, 0.3) is 0 Å². The predicted octanol–water partition coefficient (Wildman–Crippen LogP) is 3.15. The zero-order chi connectivity index (χ0) is 16.4. The van der Waals surface area contributed by atoms with Gasteiger partial charge >= 0.3 is 0 Å². The third kappa shape index (κ3) is 3.19. The van der Waals surface area contributed by atoms with E-state index in [2.05, 4.69) is 23.4 Å². The largest absolute Gasteiger partial charge is 0.486 e. The highest BCUT2D eigenvalue weighted by atomic mass is 16.5. The number of nitrogens with zero attached hydrogens (tertiary/aromatic N) is 3. The van der Waals surface area contributed by atoms with E-state index >= 15 is 0 Å². The van der Waals surface area contributed by atoms with Crippen LogP contribution < -0.4 is 10.5 Å². The number of imidazole rings is 1. The Labute approximate surface area is 136 Å². The smallest absolute Gasteiger partial charge is 0.160 e. The van der Waals surface area contributed by atoms with E-state index < -0.39 is 0 Å². The molecule has 0 aliphatic carbocycles. The molecule has 0 spiro atoms. The second-order valence-electron chi connectivity index (χ2n) is 5.94. The summed E-state index contributed by atoms with van der Waals surface area (Å²) < 4.78 is 7.96. The van der Waals surface area contributed by atoms with Gasteiger partial charge in [0.1, 0.15) is 23.7 Å². The molecule has 0 aliphatic rings. The van der Waals surface area contributed by atoms with Crippen molar-refractivity contribution in [2.45, 2.75) is 33.4 Å². The van der Waals surface area contributed by atoms with Crippen LogP contribution in [-0.4, -0.2) is 21.1 Å². The molecule has 0 fully saturated rings. The van der Waals surface area contributed by atoms with Crippen LogP contribution in [0.4, 0.5) is 0 Å². The highest BCUT2D eigenvalue weighted by Gasteiger charge is 2.16. The maximum absolute atomic E-state index is 5.89. The molecule has 5 nitrogen and oxygen atoms in total. The van der Waals surface area contributed by atoms with E-state index in [1.807, 2.05) is 43.5 Å². The lowest BCUT2D eigenvalue weighted by Crippen LogP contribution is -2.19. The van der Waals surface area contributed by atoms with E-state index in [0.29, 0.717) is 13.2 Å². The number of aromatic nitrogens is 3. The number of ether oxygens (including phenoxy) is 1. The highest BCUT2D eigenvalue weighted by molar-refractivity contribution is 5.72. The lowest BCUT2D eigenvalue weighted by Gasteiger charge is -2.15. The summed E-state index contributed by atoms with van der Waals surface area (Å²) >= 11 is 0. The number of aryl methyl sites for hydroxylation is 2. The molecule has 1 atom stereocenters. The van der Waals surface area contributed by atoms with Gasteiger partial charge in [-0.1, -0.05) is 17.7 Å². The van der Waals surface area contributed by atoms with Crippen molar-refractivity contribution >= 4 is 11.2 Å². The van der Waals surface area contributed by atoms with Crippen LogP contribution in [0.2, 0.25) is 0 Å². The minimum absolute atomic E-state index is 0.117. The number of benzene rings is 1. The normalized spacial score (nSPS) is 12.5. The number of fused-ring (bicyclic) bond motifs is 1. The van der Waals surface area contributed by atoms with Gasteiger partial charge in [0.15, 0.2) is 5.65 Å². The van der Waals surface area contributed by atoms with Gasteiger partial charge < -0.3 is 15.0 Å². The Hall–Kier alpha value is -2.40. The highest BCUT2D eigenvalue weighted by Crippen LogP contribution is 2.21. The molecule has 0 bridgehead atoms. The summed E-state index contributed by atoms with van der Waals surface area (Å²) in [5.41, 5.74) is 9.90. The molecular formula is C18H22N4O. The van der Waals surface area contributed by atoms with Crippen molar-refractivity contribution in [3.8, 4) is 5.75 Å². The van der Waals surface area contributed by atoms with Crippen LogP contribution in [0.5, 0.6) is 5.75 Å². The first-order valence-electron chi connectivity index (χ1n) is 7.81. The van der Waals surface area contributed by atoms with E-state index in [9.17, 15) is 0 Å². The first-order valence-corrected chi connectivity index (χ1v) is 7.81. The molecule has 2 N–H and O–H groups in total. The third-order valence-electron chi connectivity index (χ3n) is 3.91. The molecule has 1 aromatic carbocycles. The second-order valence-corrected chi connectivity index (χ2v) is 5.94. The van der Waals surface area contributed by atoms with Crippen molar-refractivity contribution in [3.63, 3.8) is 0 Å². The maximum atomic E-state index is 5.89. The van der Waals surface area contributed by atoms with Gasteiger partial charge in [0.05, 0.1) is 0 Å². The summed E-state index contributed by atoms with van der Waals surface area (Å²) in [4.78, 5) is 9.22. The van der Waals surface area contributed by atoms with Crippen LogP contribution in [0.1, 0.15) is 29.9 Å². The fourth-order valence-corrected chi connectivity index (χ4v) is 2.58. The summed E-state index contributed by atoms with van der Waals surface area (Å²) in [6, 6.07) is 10.2. The van der Waals surface area contributed by atoms with Gasteiger partial charge in [-0.05, 0) is 44.5 Å². The molecule has 2 heterocycles. The molecular weight excluding hydrogens is 288 g/mol. The number of rotatable bonds is 5. The Morgan fingerprint density at radius 1 is 1.17 bits per heavy atom. The van der Waals surface area contributed by atoms with E-state index in [1.165, 1.54) is 5.56 Å². The summed E-state index contributed by atoms with van der Waals surface area (Å²) in [5, 5.41) is 0. The molecule has 3 aromatic rings. The fraction of sp³-hybridized carbons (Fsp3) is 0.333. The minimum Gasteiger partial charge on any atom is -0.486 e. The Morgan fingerprint density at radius 2 is 1.91 bits per heavy atom. The number of pyridine rings is 1. The van der Waals surface area contributed by atoms with Gasteiger partial charge in [-0.25, -0.2) is 9.97 Å². The first kappa shape index (κ1) is 15.5. The molecule has 0 aliphatic heterocycles. The molecule has 23 heavy (non-hydrogen) atoms. The molecule has 0 radical (unpaired) electrons. The lowest BCUT2D eigenvalue weighted by molar-refractivity contribution is 0.286. The summed E-state index contributed by atoms with van der Waals surface area (Å²) in [7, 11) is 0. The molecule has 2 aromatic heterocycles. The molecule has 1 unspecified atom stereocenters. The zero-order valence-corrected chi connectivity index (χ0v) is 13.8. The standard InChI is InChI=1S/C18H22N4O/c1-12-4-6-15(7-5-12)23-11-17-21-16-8-13(2)10-20-18(16)22(17)14(3)9-19/h4-8,10,14H,9,11,19H2,1-3H3. The van der Waals surface area contributed by atoms with Crippen molar-refractivity contribution in [2.75, 3.05) is 6.54 Å². The van der Waals surface area contributed by atoms with Crippen LogP contribution >= 0.6 is 0 Å². The van der Waals surface area contributed by atoms with Crippen molar-refractivity contribution in [1.82, 2.24) is 14.5 Å². The number of hydrogen-bond acceptors (Lipinski definition) is 4. The van der Waals surface area contributed by atoms with Crippen molar-refractivity contribution < 1.29 is 4.74 Å². The van der Waals surface area contributed by atoms with Gasteiger partial charge in [-0.3, -0.25) is 0 Å². The van der Waals surface area contributed by atoms with Gasteiger partial charge in [0, 0.05) is 18.8 Å². The van der Waals surface area contributed by atoms with Crippen LogP contribution in [0, 0.1) is 13.8 Å². The number of hydrogen-bond donors (Lipinski definition) is 1. The minimum atomic E-state index is 0.117. The van der Waals surface area contributed by atoms with E-state index in [4.69, 9.17) is 15.5 Å². The maximum Gasteiger partial charge on any atom is 0.160 e. The SMILES string of the molecule is Cc1ccc(OCc2nc3cc(C)cnc3n2C(C)CN)cc1. The average Bonchev–Trinajstić information content (AvgIpc) is 2.91. The van der Waals surface area contributed by atoms with Gasteiger partial charge in [-0.2, -0.15) is 0 Å². The van der Waals surface area contributed by atoms with Gasteiger partial charge in [0.2, 0.25) is 0 Å². The van der Waals surface area contributed by atoms with Crippen molar-refractivity contribution in [2.24, 2.45) is 5.73 Å². The molecule has 0 saturated carbocycles. The Kier molecular flexibility index (Phi) is 4.30. The monoisotopic (exact) mass is 310 g/mol. The van der Waals surface area contributed by atoms with Crippen molar-refractivity contribution in [3.05, 3.63) is 53.5 Å². The molecule has 120 valence electrons. The first-order chi connectivity index (χ1) is 11.1. The molecule has 0 amide bonds.